The number of nitrogens with two attached hydrogens (primary N) is 1. The molecule has 21 heavy (non-hydrogen) atoms. The second-order valence-electron chi connectivity index (χ2n) is 6.50. The average Bonchev–Trinajstić information content (AvgIpc) is 2.46. The Hall–Kier alpha value is -0.910. The summed E-state index contributed by atoms with van der Waals surface area (Å²) in [7, 11) is -3.44. The summed E-state index contributed by atoms with van der Waals surface area (Å²) in [5.74, 6) is 0. The van der Waals surface area contributed by atoms with Gasteiger partial charge in [-0.3, -0.25) is 0 Å². The predicted octanol–water partition coefficient (Wildman–Crippen LogP) is 2.70. The minimum Gasteiger partial charge on any atom is -0.326 e. The van der Waals surface area contributed by atoms with Crippen LogP contribution in [0.15, 0.2) is 23.1 Å². The summed E-state index contributed by atoms with van der Waals surface area (Å²) in [4.78, 5) is 0.360. The lowest BCUT2D eigenvalue weighted by Crippen LogP contribution is -2.37. The number of hydrogen-bond donors (Lipinski definition) is 2. The van der Waals surface area contributed by atoms with E-state index in [1.807, 2.05) is 13.0 Å². The molecule has 1 fully saturated rings. The van der Waals surface area contributed by atoms with Crippen molar-refractivity contribution in [3.05, 3.63) is 29.3 Å². The standard InChI is InChI=1S/C16H26N2O2S/c1-13-10-14(11-17)6-7-15(13)21(19,20)18-12-16(2)8-4-3-5-9-16/h6-7,10,18H,3-5,8-9,11-12,17H2,1-2H3. The molecule has 0 saturated heterocycles. The monoisotopic (exact) mass is 310 g/mol. The van der Waals surface area contributed by atoms with Gasteiger partial charge in [0.05, 0.1) is 4.90 Å². The van der Waals surface area contributed by atoms with E-state index in [0.29, 0.717) is 18.0 Å². The first kappa shape index (κ1) is 16.5. The highest BCUT2D eigenvalue weighted by Gasteiger charge is 2.29. The van der Waals surface area contributed by atoms with Crippen LogP contribution in [0.1, 0.15) is 50.2 Å². The lowest BCUT2D eigenvalue weighted by atomic mass is 9.76. The Morgan fingerprint density at radius 1 is 1.24 bits per heavy atom. The normalized spacial score (nSPS) is 18.6. The molecule has 0 amide bonds. The first-order valence-corrected chi connectivity index (χ1v) is 9.14. The van der Waals surface area contributed by atoms with Crippen molar-refractivity contribution < 1.29 is 8.42 Å². The molecule has 0 aliphatic heterocycles. The smallest absolute Gasteiger partial charge is 0.240 e. The van der Waals surface area contributed by atoms with E-state index in [2.05, 4.69) is 11.6 Å². The van der Waals surface area contributed by atoms with Crippen LogP contribution in [-0.2, 0) is 16.6 Å². The molecule has 3 N–H and O–H groups in total. The van der Waals surface area contributed by atoms with Crippen LogP contribution in [0.5, 0.6) is 0 Å². The minimum absolute atomic E-state index is 0.0937. The molecule has 0 spiro atoms. The fraction of sp³-hybridized carbons (Fsp3) is 0.625. The van der Waals surface area contributed by atoms with E-state index in [0.717, 1.165) is 24.0 Å². The van der Waals surface area contributed by atoms with Crippen LogP contribution >= 0.6 is 0 Å². The van der Waals surface area contributed by atoms with Crippen LogP contribution in [-0.4, -0.2) is 15.0 Å². The van der Waals surface area contributed by atoms with Crippen molar-refractivity contribution in [2.45, 2.75) is 57.4 Å². The van der Waals surface area contributed by atoms with Crippen molar-refractivity contribution in [1.29, 1.82) is 0 Å². The van der Waals surface area contributed by atoms with Crippen molar-refractivity contribution in [2.24, 2.45) is 11.1 Å². The summed E-state index contributed by atoms with van der Waals surface area (Å²) in [5.41, 5.74) is 7.38. The number of sulfonamides is 1. The predicted molar refractivity (Wildman–Crippen MR) is 85.5 cm³/mol. The highest BCUT2D eigenvalue weighted by atomic mass is 32.2. The Kier molecular flexibility index (Phi) is 5.07. The van der Waals surface area contributed by atoms with Gasteiger partial charge >= 0.3 is 0 Å². The van der Waals surface area contributed by atoms with Gasteiger partial charge in [0.1, 0.15) is 0 Å². The lowest BCUT2D eigenvalue weighted by molar-refractivity contribution is 0.219. The van der Waals surface area contributed by atoms with Crippen molar-refractivity contribution in [1.82, 2.24) is 4.72 Å². The maximum Gasteiger partial charge on any atom is 0.240 e. The summed E-state index contributed by atoms with van der Waals surface area (Å²) >= 11 is 0. The van der Waals surface area contributed by atoms with E-state index in [-0.39, 0.29) is 5.41 Å². The van der Waals surface area contributed by atoms with Crippen molar-refractivity contribution in [2.75, 3.05) is 6.54 Å². The number of nitrogens with one attached hydrogen (secondary N) is 1. The van der Waals surface area contributed by atoms with Crippen LogP contribution < -0.4 is 10.5 Å². The van der Waals surface area contributed by atoms with E-state index in [4.69, 9.17) is 5.73 Å². The van der Waals surface area contributed by atoms with Crippen LogP contribution in [0.2, 0.25) is 0 Å². The van der Waals surface area contributed by atoms with Gasteiger partial charge in [-0.2, -0.15) is 0 Å². The van der Waals surface area contributed by atoms with Gasteiger partial charge in [-0.25, -0.2) is 13.1 Å². The van der Waals surface area contributed by atoms with Gasteiger partial charge in [0.15, 0.2) is 0 Å². The number of benzene rings is 1. The molecule has 1 aromatic rings. The van der Waals surface area contributed by atoms with Crippen LogP contribution in [0.25, 0.3) is 0 Å². The Balaban J connectivity index is 2.11. The number of hydrogen-bond acceptors (Lipinski definition) is 3. The number of rotatable bonds is 5. The molecule has 0 atom stereocenters. The third-order valence-corrected chi connectivity index (χ3v) is 6.08. The molecule has 1 aliphatic carbocycles. The van der Waals surface area contributed by atoms with Gasteiger partial charge < -0.3 is 5.73 Å². The molecular weight excluding hydrogens is 284 g/mol. The first-order valence-electron chi connectivity index (χ1n) is 7.66. The molecular formula is C16H26N2O2S. The van der Waals surface area contributed by atoms with Crippen molar-refractivity contribution >= 4 is 10.0 Å². The fourth-order valence-electron chi connectivity index (χ4n) is 3.07. The van der Waals surface area contributed by atoms with Crippen LogP contribution in [0, 0.1) is 12.3 Å². The largest absolute Gasteiger partial charge is 0.326 e. The van der Waals surface area contributed by atoms with Gasteiger partial charge in [0, 0.05) is 13.1 Å². The Labute approximate surface area is 128 Å². The maximum atomic E-state index is 12.5. The van der Waals surface area contributed by atoms with Gasteiger partial charge in [-0.1, -0.05) is 38.3 Å². The van der Waals surface area contributed by atoms with E-state index >= 15 is 0 Å². The first-order chi connectivity index (χ1) is 9.86. The van der Waals surface area contributed by atoms with Gasteiger partial charge in [-0.05, 0) is 42.4 Å². The molecule has 118 valence electrons. The second-order valence-corrected chi connectivity index (χ2v) is 8.24. The van der Waals surface area contributed by atoms with Crippen molar-refractivity contribution in [3.63, 3.8) is 0 Å². The van der Waals surface area contributed by atoms with Gasteiger partial charge in [0.25, 0.3) is 0 Å². The van der Waals surface area contributed by atoms with Crippen LogP contribution in [0.4, 0.5) is 0 Å². The summed E-state index contributed by atoms with van der Waals surface area (Å²) in [6, 6.07) is 5.28. The molecule has 0 bridgehead atoms. The summed E-state index contributed by atoms with van der Waals surface area (Å²) in [6.45, 7) is 4.94. The molecule has 0 heterocycles. The number of aryl methyl sites for hydroxylation is 1. The highest BCUT2D eigenvalue weighted by molar-refractivity contribution is 7.89. The Morgan fingerprint density at radius 3 is 2.48 bits per heavy atom. The molecule has 0 radical (unpaired) electrons. The fourth-order valence-corrected chi connectivity index (χ4v) is 4.49. The average molecular weight is 310 g/mol. The third kappa shape index (κ3) is 4.05. The summed E-state index contributed by atoms with van der Waals surface area (Å²) < 4.78 is 27.8. The van der Waals surface area contributed by atoms with E-state index in [1.54, 1.807) is 12.1 Å². The zero-order valence-corrected chi connectivity index (χ0v) is 13.8. The minimum atomic E-state index is -3.44. The molecule has 4 nitrogen and oxygen atoms in total. The van der Waals surface area contributed by atoms with E-state index < -0.39 is 10.0 Å². The lowest BCUT2D eigenvalue weighted by Gasteiger charge is -2.33. The van der Waals surface area contributed by atoms with Gasteiger partial charge in [0.2, 0.25) is 10.0 Å². The maximum absolute atomic E-state index is 12.5. The van der Waals surface area contributed by atoms with E-state index in [9.17, 15) is 8.42 Å². The summed E-state index contributed by atoms with van der Waals surface area (Å²) in [6.07, 6.45) is 5.86. The van der Waals surface area contributed by atoms with Crippen molar-refractivity contribution in [3.8, 4) is 0 Å². The molecule has 0 aromatic heterocycles. The van der Waals surface area contributed by atoms with Gasteiger partial charge in [-0.15, -0.1) is 0 Å². The zero-order chi connectivity index (χ0) is 15.5. The molecule has 1 saturated carbocycles. The Morgan fingerprint density at radius 2 is 1.90 bits per heavy atom. The molecule has 5 heteroatoms. The third-order valence-electron chi connectivity index (χ3n) is 4.51. The molecule has 1 aromatic carbocycles. The van der Waals surface area contributed by atoms with E-state index in [1.165, 1.54) is 19.3 Å². The molecule has 1 aliphatic rings. The quantitative estimate of drug-likeness (QED) is 0.878. The summed E-state index contributed by atoms with van der Waals surface area (Å²) in [5, 5.41) is 0. The highest BCUT2D eigenvalue weighted by Crippen LogP contribution is 2.35. The zero-order valence-electron chi connectivity index (χ0n) is 13.0. The topological polar surface area (TPSA) is 72.2 Å². The Bertz CT molecular complexity index is 590. The van der Waals surface area contributed by atoms with Crippen LogP contribution in [0.3, 0.4) is 0 Å². The molecule has 0 unspecified atom stereocenters. The molecule has 2 rings (SSSR count). The SMILES string of the molecule is Cc1cc(CN)ccc1S(=O)(=O)NCC1(C)CCCCC1. The second kappa shape index (κ2) is 6.46.